The third-order valence-electron chi connectivity index (χ3n) is 12.0. The summed E-state index contributed by atoms with van der Waals surface area (Å²) in [5, 5.41) is 1.14. The molecule has 4 aliphatic rings. The zero-order chi connectivity index (χ0) is 33.9. The zero-order valence-corrected chi connectivity index (χ0v) is 31.1. The highest BCUT2D eigenvalue weighted by atomic mass is 35.5. The Hall–Kier alpha value is -2.74. The van der Waals surface area contributed by atoms with Crippen LogP contribution in [0.2, 0.25) is 5.02 Å². The normalized spacial score (nSPS) is 27.9. The van der Waals surface area contributed by atoms with Crippen LogP contribution < -0.4 is 14.4 Å². The molecular weight excluding hydrogens is 648 g/mol. The van der Waals surface area contributed by atoms with Gasteiger partial charge in [-0.2, -0.15) is 0 Å². The van der Waals surface area contributed by atoms with Gasteiger partial charge in [0.05, 0.1) is 12.3 Å². The van der Waals surface area contributed by atoms with Crippen LogP contribution in [0.15, 0.2) is 54.9 Å². The molecule has 3 aromatic rings. The maximum absolute atomic E-state index is 13.5. The van der Waals surface area contributed by atoms with E-state index in [2.05, 4.69) is 70.7 Å². The number of halogens is 1. The van der Waals surface area contributed by atoms with Gasteiger partial charge in [0.25, 0.3) is 5.91 Å². The number of nitrogens with one attached hydrogen (secondary N) is 1. The molecule has 49 heavy (non-hydrogen) atoms. The van der Waals surface area contributed by atoms with Gasteiger partial charge >= 0.3 is 0 Å². The molecule has 2 bridgehead atoms. The van der Waals surface area contributed by atoms with Gasteiger partial charge in [-0.3, -0.25) is 19.4 Å². The first kappa shape index (κ1) is 34.7. The predicted molar refractivity (Wildman–Crippen MR) is 203 cm³/mol. The molecule has 1 unspecified atom stereocenters. The molecule has 4 heterocycles. The molecule has 1 N–H and O–H groups in total. The van der Waals surface area contributed by atoms with Gasteiger partial charge in [0.1, 0.15) is 5.75 Å². The van der Waals surface area contributed by atoms with Crippen LogP contribution in [0.1, 0.15) is 97.8 Å². The SMILES string of the molecule is CCCc1cc(Cl)ccc1[C@@H]1COc2ccc3cc2N(C1)C[C@@H]1CC[C@H]1C(CN1CCc2ccncc2C1)CCC[C@H](C)[C@@H](C)SNC3=O. The summed E-state index contributed by atoms with van der Waals surface area (Å²) in [5.74, 6) is 3.60. The maximum Gasteiger partial charge on any atom is 0.261 e. The number of fused-ring (bicyclic) bond motifs is 3. The quantitative estimate of drug-likeness (QED) is 0.268. The lowest BCUT2D eigenvalue weighted by Gasteiger charge is -2.46. The van der Waals surface area contributed by atoms with Gasteiger partial charge in [-0.05, 0) is 133 Å². The van der Waals surface area contributed by atoms with Crippen LogP contribution in [0.4, 0.5) is 5.69 Å². The molecule has 1 fully saturated rings. The summed E-state index contributed by atoms with van der Waals surface area (Å²) >= 11 is 8.08. The number of rotatable bonds is 5. The van der Waals surface area contributed by atoms with E-state index in [0.717, 1.165) is 61.9 Å². The number of aromatic nitrogens is 1. The van der Waals surface area contributed by atoms with Gasteiger partial charge < -0.3 is 9.64 Å². The molecule has 1 aromatic heterocycles. The minimum atomic E-state index is -0.0254. The van der Waals surface area contributed by atoms with E-state index in [9.17, 15) is 4.79 Å². The highest BCUT2D eigenvalue weighted by Crippen LogP contribution is 2.46. The number of carbonyl (C=O) groups is 1. The summed E-state index contributed by atoms with van der Waals surface area (Å²) in [6.45, 7) is 12.6. The van der Waals surface area contributed by atoms with Gasteiger partial charge in [0, 0.05) is 66.9 Å². The van der Waals surface area contributed by atoms with Crippen molar-refractivity contribution in [2.45, 2.75) is 89.9 Å². The minimum absolute atomic E-state index is 0.0254. The molecule has 0 spiro atoms. The van der Waals surface area contributed by atoms with E-state index in [-0.39, 0.29) is 11.8 Å². The van der Waals surface area contributed by atoms with E-state index in [1.807, 2.05) is 24.4 Å². The van der Waals surface area contributed by atoms with Crippen molar-refractivity contribution < 1.29 is 9.53 Å². The molecular formula is C41H53ClN4O2S. The maximum atomic E-state index is 13.5. The summed E-state index contributed by atoms with van der Waals surface area (Å²) in [6.07, 6.45) is 13.5. The van der Waals surface area contributed by atoms with Crippen LogP contribution in [0.5, 0.6) is 5.75 Å². The van der Waals surface area contributed by atoms with Gasteiger partial charge in [-0.15, -0.1) is 0 Å². The Balaban J connectivity index is 1.19. The highest BCUT2D eigenvalue weighted by Gasteiger charge is 2.40. The topological polar surface area (TPSA) is 57.7 Å². The van der Waals surface area contributed by atoms with Crippen LogP contribution in [-0.2, 0) is 19.4 Å². The molecule has 262 valence electrons. The smallest absolute Gasteiger partial charge is 0.261 e. The molecule has 7 rings (SSSR count). The molecule has 1 aliphatic carbocycles. The Kier molecular flexibility index (Phi) is 11.1. The van der Waals surface area contributed by atoms with Crippen molar-refractivity contribution >= 4 is 35.1 Å². The van der Waals surface area contributed by atoms with Crippen molar-refractivity contribution in [1.29, 1.82) is 0 Å². The van der Waals surface area contributed by atoms with Crippen LogP contribution in [0.25, 0.3) is 0 Å². The highest BCUT2D eigenvalue weighted by molar-refractivity contribution is 7.98. The van der Waals surface area contributed by atoms with Gasteiger partial charge in [0.2, 0.25) is 0 Å². The summed E-state index contributed by atoms with van der Waals surface area (Å²) in [7, 11) is 0. The Morgan fingerprint density at radius 2 is 1.94 bits per heavy atom. The van der Waals surface area contributed by atoms with Crippen LogP contribution >= 0.6 is 23.5 Å². The number of amides is 1. The first-order chi connectivity index (χ1) is 23.9. The molecule has 0 saturated heterocycles. The minimum Gasteiger partial charge on any atom is -0.491 e. The van der Waals surface area contributed by atoms with Crippen molar-refractivity contribution in [3.8, 4) is 5.75 Å². The Labute approximate surface area is 302 Å². The third-order valence-corrected chi connectivity index (χ3v) is 13.4. The molecule has 6 atom stereocenters. The largest absolute Gasteiger partial charge is 0.491 e. The standard InChI is InChI=1S/C41H53ClN4O2S/c1-4-6-30-19-36(42)11-13-37(30)35-25-46-24-33-9-12-38(33)32(22-45-18-16-29-15-17-43-21-34(29)23-45)8-5-7-27(2)28(3)49-44-41(47)31-10-14-40(48-26-35)39(46)20-31/h10-11,13-15,17,19-21,27-28,32-33,35,38H,4-9,12,16,18,22-26H2,1-3H3,(H,44,47)/t27-,28+,32?,33-,35-,38-/m0/s1. The number of pyridine rings is 1. The second-order valence-corrected chi connectivity index (χ2v) is 16.9. The fourth-order valence-corrected chi connectivity index (χ4v) is 9.78. The van der Waals surface area contributed by atoms with Gasteiger partial charge in [-0.25, -0.2) is 0 Å². The first-order valence-electron chi connectivity index (χ1n) is 18.8. The summed E-state index contributed by atoms with van der Waals surface area (Å²) in [5.41, 5.74) is 7.29. The lowest BCUT2D eigenvalue weighted by atomic mass is 9.65. The van der Waals surface area contributed by atoms with Crippen LogP contribution in [0.3, 0.4) is 0 Å². The number of ether oxygens (including phenoxy) is 1. The number of hydrogen-bond donors (Lipinski definition) is 1. The lowest BCUT2D eigenvalue weighted by Crippen LogP contribution is -2.46. The monoisotopic (exact) mass is 700 g/mol. The summed E-state index contributed by atoms with van der Waals surface area (Å²) in [6, 6.07) is 14.7. The molecule has 2 aromatic carbocycles. The van der Waals surface area contributed by atoms with Crippen LogP contribution in [0, 0.1) is 23.7 Å². The number of nitrogens with zero attached hydrogens (tertiary/aromatic N) is 3. The third kappa shape index (κ3) is 7.94. The Bertz CT molecular complexity index is 1620. The van der Waals surface area contributed by atoms with Gasteiger partial charge in [-0.1, -0.05) is 51.3 Å². The molecule has 6 nitrogen and oxygen atoms in total. The molecule has 8 heteroatoms. The summed E-state index contributed by atoms with van der Waals surface area (Å²) < 4.78 is 9.81. The van der Waals surface area contributed by atoms with Crippen molar-refractivity contribution in [1.82, 2.24) is 14.6 Å². The second-order valence-electron chi connectivity index (χ2n) is 15.2. The number of hydrogen-bond acceptors (Lipinski definition) is 6. The Morgan fingerprint density at radius 1 is 1.04 bits per heavy atom. The average molecular weight is 701 g/mol. The molecule has 1 saturated carbocycles. The summed E-state index contributed by atoms with van der Waals surface area (Å²) in [4.78, 5) is 23.2. The van der Waals surface area contributed by atoms with Crippen LogP contribution in [-0.4, -0.2) is 53.8 Å². The van der Waals surface area contributed by atoms with E-state index in [1.165, 1.54) is 60.9 Å². The number of anilines is 1. The number of benzene rings is 2. The second kappa shape index (κ2) is 15.7. The van der Waals surface area contributed by atoms with Gasteiger partial charge in [0.15, 0.2) is 0 Å². The van der Waals surface area contributed by atoms with Crippen molar-refractivity contribution in [2.24, 2.45) is 23.7 Å². The average Bonchev–Trinajstić information content (AvgIpc) is 3.27. The van der Waals surface area contributed by atoms with E-state index < -0.39 is 0 Å². The zero-order valence-electron chi connectivity index (χ0n) is 29.5. The van der Waals surface area contributed by atoms with Crippen molar-refractivity contribution in [3.63, 3.8) is 0 Å². The number of aryl methyl sites for hydroxylation is 1. The molecule has 3 aliphatic heterocycles. The van der Waals surface area contributed by atoms with E-state index >= 15 is 0 Å². The fourth-order valence-electron chi connectivity index (χ4n) is 8.81. The van der Waals surface area contributed by atoms with E-state index in [4.69, 9.17) is 16.3 Å². The van der Waals surface area contributed by atoms with E-state index in [1.54, 1.807) is 11.9 Å². The molecule has 0 radical (unpaired) electrons. The predicted octanol–water partition coefficient (Wildman–Crippen LogP) is 8.96. The van der Waals surface area contributed by atoms with Crippen molar-refractivity contribution in [2.75, 3.05) is 37.7 Å². The first-order valence-corrected chi connectivity index (χ1v) is 20.0. The fraction of sp³-hybridized carbons (Fsp3) is 0.561. The lowest BCUT2D eigenvalue weighted by molar-refractivity contribution is 0.0658. The Morgan fingerprint density at radius 3 is 2.78 bits per heavy atom. The number of carbonyl (C=O) groups excluding carboxylic acids is 1. The van der Waals surface area contributed by atoms with E-state index in [0.29, 0.717) is 41.1 Å². The molecule has 1 amide bonds. The van der Waals surface area contributed by atoms with Crippen molar-refractivity contribution in [3.05, 3.63) is 87.7 Å².